The van der Waals surface area contributed by atoms with Crippen LogP contribution in [0.25, 0.3) is 0 Å². The van der Waals surface area contributed by atoms with Crippen molar-refractivity contribution in [2.75, 3.05) is 20.6 Å². The molecule has 0 aliphatic rings. The maximum atomic E-state index is 12.4. The van der Waals surface area contributed by atoms with E-state index in [9.17, 15) is 4.79 Å². The van der Waals surface area contributed by atoms with E-state index in [-0.39, 0.29) is 5.78 Å². The van der Waals surface area contributed by atoms with Gasteiger partial charge in [0.25, 0.3) is 0 Å². The summed E-state index contributed by atoms with van der Waals surface area (Å²) >= 11 is 3.42. The molecule has 112 valence electrons. The Morgan fingerprint density at radius 1 is 1.38 bits per heavy atom. The average molecular weight is 351 g/mol. The van der Waals surface area contributed by atoms with Crippen LogP contribution in [-0.4, -0.2) is 46.1 Å². The predicted octanol–water partition coefficient (Wildman–Crippen LogP) is 2.42. The minimum Gasteiger partial charge on any atom is -0.308 e. The van der Waals surface area contributed by atoms with Gasteiger partial charge in [-0.3, -0.25) is 14.5 Å². The van der Waals surface area contributed by atoms with Crippen LogP contribution in [0.4, 0.5) is 0 Å². The first-order chi connectivity index (χ1) is 10.1. The summed E-state index contributed by atoms with van der Waals surface area (Å²) in [6, 6.07) is 3.87. The highest BCUT2D eigenvalue weighted by atomic mass is 79.9. The van der Waals surface area contributed by atoms with Crippen molar-refractivity contribution in [2.45, 2.75) is 19.4 Å². The van der Waals surface area contributed by atoms with Gasteiger partial charge in [-0.25, -0.2) is 0 Å². The van der Waals surface area contributed by atoms with Crippen molar-refractivity contribution in [3.05, 3.63) is 46.5 Å². The number of rotatable bonds is 7. The van der Waals surface area contributed by atoms with Crippen molar-refractivity contribution >= 4 is 21.7 Å². The molecule has 0 atom stereocenters. The average Bonchev–Trinajstić information content (AvgIpc) is 2.85. The molecule has 0 bridgehead atoms. The third-order valence-corrected chi connectivity index (χ3v) is 3.76. The zero-order valence-electron chi connectivity index (χ0n) is 12.3. The number of hydrogen-bond donors (Lipinski definition) is 0. The number of ketones is 1. The highest BCUT2D eigenvalue weighted by molar-refractivity contribution is 9.10. The van der Waals surface area contributed by atoms with Crippen LogP contribution in [0.1, 0.15) is 22.5 Å². The monoisotopic (exact) mass is 350 g/mol. The van der Waals surface area contributed by atoms with E-state index in [0.717, 1.165) is 16.6 Å². The predicted molar refractivity (Wildman–Crippen MR) is 85.4 cm³/mol. The molecule has 2 rings (SSSR count). The van der Waals surface area contributed by atoms with Gasteiger partial charge >= 0.3 is 0 Å². The number of carbonyl (C=O) groups is 1. The van der Waals surface area contributed by atoms with Crippen molar-refractivity contribution < 1.29 is 4.79 Å². The number of carbonyl (C=O) groups excluding carboxylic acids is 1. The lowest BCUT2D eigenvalue weighted by molar-refractivity contribution is 0.0970. The van der Waals surface area contributed by atoms with Crippen molar-refractivity contribution in [1.29, 1.82) is 0 Å². The van der Waals surface area contributed by atoms with Crippen molar-refractivity contribution in [3.8, 4) is 0 Å². The Morgan fingerprint density at radius 3 is 2.86 bits per heavy atom. The maximum absolute atomic E-state index is 12.4. The molecule has 0 amide bonds. The summed E-state index contributed by atoms with van der Waals surface area (Å²) in [4.78, 5) is 18.6. The smallest absolute Gasteiger partial charge is 0.182 e. The fourth-order valence-electron chi connectivity index (χ4n) is 2.03. The van der Waals surface area contributed by atoms with Gasteiger partial charge in [-0.05, 0) is 48.1 Å². The molecule has 0 saturated carbocycles. The van der Waals surface area contributed by atoms with E-state index in [1.165, 1.54) is 0 Å². The Balaban J connectivity index is 2.03. The standard InChI is InChI=1S/C15H19BrN4O/c1-19(2)8-9-20-15(13(16)11-18-20)14(21)6-5-12-4-3-7-17-10-12/h3-4,7,10-11H,5-6,8-9H2,1-2H3. The van der Waals surface area contributed by atoms with Crippen LogP contribution in [0.3, 0.4) is 0 Å². The Morgan fingerprint density at radius 2 is 2.19 bits per heavy atom. The number of nitrogens with zero attached hydrogens (tertiary/aromatic N) is 4. The van der Waals surface area contributed by atoms with Gasteiger partial charge in [-0.15, -0.1) is 0 Å². The number of halogens is 1. The van der Waals surface area contributed by atoms with Gasteiger partial charge in [0.2, 0.25) is 0 Å². The third-order valence-electron chi connectivity index (χ3n) is 3.18. The summed E-state index contributed by atoms with van der Waals surface area (Å²) in [6.07, 6.45) is 6.37. The van der Waals surface area contributed by atoms with E-state index in [4.69, 9.17) is 0 Å². The summed E-state index contributed by atoms with van der Waals surface area (Å²) in [5, 5.41) is 4.27. The van der Waals surface area contributed by atoms with E-state index >= 15 is 0 Å². The van der Waals surface area contributed by atoms with Gasteiger partial charge < -0.3 is 4.90 Å². The molecule has 0 spiro atoms. The fourth-order valence-corrected chi connectivity index (χ4v) is 2.54. The van der Waals surface area contributed by atoms with Crippen molar-refractivity contribution in [1.82, 2.24) is 19.7 Å². The number of aryl methyl sites for hydroxylation is 1. The first-order valence-electron chi connectivity index (χ1n) is 6.86. The van der Waals surface area contributed by atoms with Gasteiger partial charge in [0, 0.05) is 25.4 Å². The van der Waals surface area contributed by atoms with Crippen molar-refractivity contribution in [3.63, 3.8) is 0 Å². The van der Waals surface area contributed by atoms with Crippen LogP contribution in [0.5, 0.6) is 0 Å². The van der Waals surface area contributed by atoms with E-state index in [1.54, 1.807) is 23.3 Å². The van der Waals surface area contributed by atoms with Crippen LogP contribution >= 0.6 is 15.9 Å². The van der Waals surface area contributed by atoms with Crippen LogP contribution in [0.2, 0.25) is 0 Å². The lowest BCUT2D eigenvalue weighted by Gasteiger charge is -2.11. The summed E-state index contributed by atoms with van der Waals surface area (Å²) in [7, 11) is 4.00. The third kappa shape index (κ3) is 4.47. The molecular weight excluding hydrogens is 332 g/mol. The second-order valence-electron chi connectivity index (χ2n) is 5.15. The zero-order valence-corrected chi connectivity index (χ0v) is 13.9. The molecule has 0 unspecified atom stereocenters. The molecule has 2 heterocycles. The van der Waals surface area contributed by atoms with Gasteiger partial charge in [-0.1, -0.05) is 6.07 Å². The van der Waals surface area contributed by atoms with E-state index in [2.05, 4.69) is 30.9 Å². The molecule has 2 aromatic heterocycles. The van der Waals surface area contributed by atoms with Gasteiger partial charge in [-0.2, -0.15) is 5.10 Å². The summed E-state index contributed by atoms with van der Waals surface area (Å²) < 4.78 is 2.53. The van der Waals surface area contributed by atoms with Crippen LogP contribution in [0, 0.1) is 0 Å². The lowest BCUT2D eigenvalue weighted by atomic mass is 10.1. The highest BCUT2D eigenvalue weighted by Gasteiger charge is 2.17. The van der Waals surface area contributed by atoms with Crippen LogP contribution in [0.15, 0.2) is 35.2 Å². The summed E-state index contributed by atoms with van der Waals surface area (Å²) in [5.74, 6) is 0.0991. The normalized spacial score (nSPS) is 11.0. The van der Waals surface area contributed by atoms with Crippen LogP contribution < -0.4 is 0 Å². The number of aromatic nitrogens is 3. The molecule has 6 heteroatoms. The zero-order chi connectivity index (χ0) is 15.2. The molecule has 21 heavy (non-hydrogen) atoms. The maximum Gasteiger partial charge on any atom is 0.182 e. The Labute approximate surface area is 133 Å². The van der Waals surface area contributed by atoms with E-state index < -0.39 is 0 Å². The minimum absolute atomic E-state index is 0.0991. The summed E-state index contributed by atoms with van der Waals surface area (Å²) in [6.45, 7) is 1.55. The number of hydrogen-bond acceptors (Lipinski definition) is 4. The second kappa shape index (κ2) is 7.47. The van der Waals surface area contributed by atoms with Gasteiger partial charge in [0.05, 0.1) is 17.2 Å². The van der Waals surface area contributed by atoms with E-state index in [1.807, 2.05) is 26.2 Å². The lowest BCUT2D eigenvalue weighted by Crippen LogP contribution is -2.21. The largest absolute Gasteiger partial charge is 0.308 e. The molecule has 2 aromatic rings. The van der Waals surface area contributed by atoms with Gasteiger partial charge in [0.15, 0.2) is 5.78 Å². The number of Topliss-reactive ketones (excluding diaryl/α,β-unsaturated/α-hetero) is 1. The fraction of sp³-hybridized carbons (Fsp3) is 0.400. The first kappa shape index (κ1) is 15.9. The molecule has 0 aromatic carbocycles. The SMILES string of the molecule is CN(C)CCn1ncc(Br)c1C(=O)CCc1cccnc1. The van der Waals surface area contributed by atoms with E-state index in [0.29, 0.717) is 25.1 Å². The molecule has 0 fully saturated rings. The number of pyridine rings is 1. The molecule has 0 aliphatic heterocycles. The Kier molecular flexibility index (Phi) is 5.64. The first-order valence-corrected chi connectivity index (χ1v) is 7.65. The minimum atomic E-state index is 0.0991. The highest BCUT2D eigenvalue weighted by Crippen LogP contribution is 2.18. The molecule has 0 radical (unpaired) electrons. The molecule has 5 nitrogen and oxygen atoms in total. The second-order valence-corrected chi connectivity index (χ2v) is 6.01. The van der Waals surface area contributed by atoms with Crippen molar-refractivity contribution in [2.24, 2.45) is 0 Å². The van der Waals surface area contributed by atoms with Crippen LogP contribution in [-0.2, 0) is 13.0 Å². The Hall–Kier alpha value is -1.53. The molecule has 0 N–H and O–H groups in total. The van der Waals surface area contributed by atoms with Gasteiger partial charge in [0.1, 0.15) is 5.69 Å². The Bertz CT molecular complexity index is 595. The summed E-state index contributed by atoms with van der Waals surface area (Å²) in [5.41, 5.74) is 1.72. The quantitative estimate of drug-likeness (QED) is 0.719. The number of likely N-dealkylation sites (N-methyl/N-ethyl adjacent to an activating group) is 1. The topological polar surface area (TPSA) is 51.0 Å². The molecular formula is C15H19BrN4O. The molecule has 0 aliphatic carbocycles. The molecule has 0 saturated heterocycles.